The molecule has 2 spiro atoms. The third kappa shape index (κ3) is 1.94. The van der Waals surface area contributed by atoms with Crippen LogP contribution in [0.3, 0.4) is 0 Å². The second-order valence-corrected chi connectivity index (χ2v) is 9.22. The summed E-state index contributed by atoms with van der Waals surface area (Å²) in [7, 11) is 0. The van der Waals surface area contributed by atoms with E-state index in [0.717, 1.165) is 25.7 Å². The minimum absolute atomic E-state index is 0.213. The second kappa shape index (κ2) is 5.45. The maximum Gasteiger partial charge on any atom is 0.163 e. The molecule has 2 aromatic rings. The van der Waals surface area contributed by atoms with Crippen LogP contribution in [0.25, 0.3) is 0 Å². The molecule has 2 aromatic carbocycles. The fraction of sp³-hybridized carbons (Fsp3) is 0.500. The molecule has 4 heteroatoms. The normalized spacial score (nSPS) is 42.6. The van der Waals surface area contributed by atoms with Crippen molar-refractivity contribution in [1.82, 2.24) is 10.6 Å². The van der Waals surface area contributed by atoms with Crippen LogP contribution in [-0.2, 0) is 22.3 Å². The zero-order valence-corrected chi connectivity index (χ0v) is 16.0. The first kappa shape index (κ1) is 16.1. The molecule has 7 rings (SSSR count). The Labute approximate surface area is 165 Å². The van der Waals surface area contributed by atoms with Crippen molar-refractivity contribution in [2.24, 2.45) is 0 Å². The summed E-state index contributed by atoms with van der Waals surface area (Å²) in [5.41, 5.74) is 4.83. The van der Waals surface area contributed by atoms with Crippen LogP contribution in [0.2, 0.25) is 0 Å². The van der Waals surface area contributed by atoms with Crippen molar-refractivity contribution >= 4 is 0 Å². The topological polar surface area (TPSA) is 42.5 Å². The third-order valence-electron chi connectivity index (χ3n) is 7.81. The molecule has 1 saturated carbocycles. The Balaban J connectivity index is 1.26. The fourth-order valence-corrected chi connectivity index (χ4v) is 6.60. The van der Waals surface area contributed by atoms with Crippen LogP contribution in [0.4, 0.5) is 0 Å². The smallest absolute Gasteiger partial charge is 0.163 e. The minimum Gasteiger partial charge on any atom is -0.350 e. The molecule has 6 atom stereocenters. The molecule has 0 aromatic heterocycles. The van der Waals surface area contributed by atoms with E-state index in [0.29, 0.717) is 0 Å². The van der Waals surface area contributed by atoms with Gasteiger partial charge in [-0.25, -0.2) is 0 Å². The van der Waals surface area contributed by atoms with Gasteiger partial charge in [-0.1, -0.05) is 48.5 Å². The van der Waals surface area contributed by atoms with Gasteiger partial charge in [0.25, 0.3) is 0 Å². The monoisotopic (exact) mass is 374 g/mol. The Morgan fingerprint density at radius 1 is 0.679 bits per heavy atom. The van der Waals surface area contributed by atoms with E-state index in [1.807, 2.05) is 0 Å². The number of fused-ring (bicyclic) bond motifs is 7. The predicted octanol–water partition coefficient (Wildman–Crippen LogP) is 3.52. The van der Waals surface area contributed by atoms with Gasteiger partial charge in [0.2, 0.25) is 0 Å². The average molecular weight is 374 g/mol. The largest absolute Gasteiger partial charge is 0.350 e. The molecule has 0 amide bonds. The van der Waals surface area contributed by atoms with Crippen molar-refractivity contribution in [1.29, 1.82) is 0 Å². The summed E-state index contributed by atoms with van der Waals surface area (Å²) in [6.45, 7) is 0. The summed E-state index contributed by atoms with van der Waals surface area (Å²) < 4.78 is 13.8. The summed E-state index contributed by atoms with van der Waals surface area (Å²) >= 11 is 0. The standard InChI is InChI=1S/C24H26N2O2/c1-3-9-17-15(7-1)13-19-21(17)25-23(27-19)11-5-6-12-24(23)26-22-18-10-4-2-8-16(18)14-20(22)28-24/h1-4,7-10,19-22,25-26H,5-6,11-14H2/t19?,20?,21-,22-,23?,24?/m1/s1. The zero-order valence-electron chi connectivity index (χ0n) is 16.0. The van der Waals surface area contributed by atoms with Crippen LogP contribution in [0.5, 0.6) is 0 Å². The van der Waals surface area contributed by atoms with Gasteiger partial charge in [0, 0.05) is 12.8 Å². The van der Waals surface area contributed by atoms with Gasteiger partial charge >= 0.3 is 0 Å². The van der Waals surface area contributed by atoms with E-state index in [-0.39, 0.29) is 24.3 Å². The van der Waals surface area contributed by atoms with E-state index in [2.05, 4.69) is 59.2 Å². The van der Waals surface area contributed by atoms with Crippen LogP contribution in [0.1, 0.15) is 60.0 Å². The highest BCUT2D eigenvalue weighted by atomic mass is 16.6. The molecule has 0 radical (unpaired) electrons. The maximum atomic E-state index is 6.89. The quantitative estimate of drug-likeness (QED) is 0.740. The number of rotatable bonds is 0. The van der Waals surface area contributed by atoms with E-state index in [4.69, 9.17) is 9.47 Å². The molecule has 3 aliphatic carbocycles. The maximum absolute atomic E-state index is 6.89. The Morgan fingerprint density at radius 3 is 1.64 bits per heavy atom. The fourth-order valence-electron chi connectivity index (χ4n) is 6.60. The SMILES string of the molecule is c1ccc2c(c1)CC1OC3(CCCCC34N[C@@H]3c5ccccc5CC3O4)N[C@H]21. The van der Waals surface area contributed by atoms with Crippen molar-refractivity contribution in [2.75, 3.05) is 0 Å². The molecular weight excluding hydrogens is 348 g/mol. The highest BCUT2D eigenvalue weighted by molar-refractivity contribution is 5.40. The summed E-state index contributed by atoms with van der Waals surface area (Å²) in [5.74, 6) is 0. The van der Waals surface area contributed by atoms with Gasteiger partial charge in [-0.3, -0.25) is 10.6 Å². The minimum atomic E-state index is -0.423. The first-order chi connectivity index (χ1) is 13.8. The third-order valence-corrected chi connectivity index (χ3v) is 7.81. The van der Waals surface area contributed by atoms with Gasteiger partial charge in [-0.05, 0) is 47.9 Å². The predicted molar refractivity (Wildman–Crippen MR) is 106 cm³/mol. The van der Waals surface area contributed by atoms with Crippen molar-refractivity contribution in [2.45, 2.75) is 74.3 Å². The molecule has 2 N–H and O–H groups in total. The molecule has 2 aliphatic heterocycles. The van der Waals surface area contributed by atoms with E-state index in [1.165, 1.54) is 35.1 Å². The number of nitrogens with one attached hydrogen (secondary N) is 2. The number of ether oxygens (including phenoxy) is 2. The Morgan fingerprint density at radius 2 is 1.14 bits per heavy atom. The number of hydrogen-bond acceptors (Lipinski definition) is 4. The molecule has 2 saturated heterocycles. The molecule has 4 unspecified atom stereocenters. The van der Waals surface area contributed by atoms with Gasteiger partial charge in [0.05, 0.1) is 24.3 Å². The lowest BCUT2D eigenvalue weighted by atomic mass is 9.82. The van der Waals surface area contributed by atoms with Crippen molar-refractivity contribution in [3.63, 3.8) is 0 Å². The first-order valence-corrected chi connectivity index (χ1v) is 10.8. The Kier molecular flexibility index (Phi) is 3.14. The lowest BCUT2D eigenvalue weighted by molar-refractivity contribution is -0.230. The molecule has 2 heterocycles. The van der Waals surface area contributed by atoms with Gasteiger partial charge in [-0.2, -0.15) is 0 Å². The molecule has 144 valence electrons. The van der Waals surface area contributed by atoms with Crippen LogP contribution in [0, 0.1) is 0 Å². The summed E-state index contributed by atoms with van der Waals surface area (Å²) in [4.78, 5) is 0. The summed E-state index contributed by atoms with van der Waals surface area (Å²) in [6, 6.07) is 18.1. The van der Waals surface area contributed by atoms with Crippen LogP contribution >= 0.6 is 0 Å². The van der Waals surface area contributed by atoms with Crippen molar-refractivity contribution in [3.8, 4) is 0 Å². The number of benzene rings is 2. The second-order valence-electron chi connectivity index (χ2n) is 9.22. The Hall–Kier alpha value is -1.72. The lowest BCUT2D eigenvalue weighted by Crippen LogP contribution is -2.68. The molecule has 28 heavy (non-hydrogen) atoms. The van der Waals surface area contributed by atoms with E-state index >= 15 is 0 Å². The van der Waals surface area contributed by atoms with E-state index in [1.54, 1.807) is 0 Å². The number of hydrogen-bond donors (Lipinski definition) is 2. The highest BCUT2D eigenvalue weighted by Crippen LogP contribution is 2.55. The molecule has 4 nitrogen and oxygen atoms in total. The molecular formula is C24H26N2O2. The van der Waals surface area contributed by atoms with Gasteiger partial charge in [0.15, 0.2) is 11.4 Å². The van der Waals surface area contributed by atoms with Crippen molar-refractivity contribution in [3.05, 3.63) is 70.8 Å². The highest BCUT2D eigenvalue weighted by Gasteiger charge is 2.66. The van der Waals surface area contributed by atoms with E-state index < -0.39 is 11.4 Å². The summed E-state index contributed by atoms with van der Waals surface area (Å²) in [6.07, 6.45) is 6.82. The van der Waals surface area contributed by atoms with Gasteiger partial charge in [0.1, 0.15) is 0 Å². The molecule has 5 aliphatic rings. The van der Waals surface area contributed by atoms with Crippen LogP contribution in [-0.4, -0.2) is 23.7 Å². The van der Waals surface area contributed by atoms with Crippen LogP contribution in [0.15, 0.2) is 48.5 Å². The average Bonchev–Trinajstić information content (AvgIpc) is 3.41. The van der Waals surface area contributed by atoms with Crippen LogP contribution < -0.4 is 10.6 Å². The van der Waals surface area contributed by atoms with Gasteiger partial charge in [-0.15, -0.1) is 0 Å². The van der Waals surface area contributed by atoms with Gasteiger partial charge < -0.3 is 9.47 Å². The molecule has 0 bridgehead atoms. The van der Waals surface area contributed by atoms with Crippen molar-refractivity contribution < 1.29 is 9.47 Å². The zero-order chi connectivity index (χ0) is 18.3. The summed E-state index contributed by atoms with van der Waals surface area (Å²) in [5, 5.41) is 7.92. The first-order valence-electron chi connectivity index (χ1n) is 10.8. The lowest BCUT2D eigenvalue weighted by Gasteiger charge is -2.49. The van der Waals surface area contributed by atoms with E-state index in [9.17, 15) is 0 Å². The Bertz CT molecular complexity index is 884. The molecule has 3 fully saturated rings.